The van der Waals surface area contributed by atoms with Crippen LogP contribution in [0.15, 0.2) is 12.1 Å². The molecule has 0 bridgehead atoms. The number of nitrogen functional groups attached to an aromatic ring is 1. The van der Waals surface area contributed by atoms with Crippen molar-refractivity contribution in [1.82, 2.24) is 4.90 Å². The summed E-state index contributed by atoms with van der Waals surface area (Å²) in [5, 5.41) is 11.2. The summed E-state index contributed by atoms with van der Waals surface area (Å²) >= 11 is 0. The van der Waals surface area contributed by atoms with Gasteiger partial charge in [-0.1, -0.05) is 0 Å². The van der Waals surface area contributed by atoms with Crippen LogP contribution in [0.2, 0.25) is 0 Å². The van der Waals surface area contributed by atoms with Gasteiger partial charge in [0.1, 0.15) is 6.09 Å². The largest absolute Gasteiger partial charge is 0.530 e. The van der Waals surface area contributed by atoms with Crippen molar-refractivity contribution in [1.29, 1.82) is 0 Å². The number of hydrogen-bond donors (Lipinski definition) is 1. The molecule has 0 aliphatic carbocycles. The molecule has 3 heterocycles. The summed E-state index contributed by atoms with van der Waals surface area (Å²) < 4.78 is 5.66. The molecule has 1 amide bonds. The van der Waals surface area contributed by atoms with E-state index >= 15 is 0 Å². The normalized spacial score (nSPS) is 27.0. The minimum absolute atomic E-state index is 0.187. The molecule has 0 radical (unpaired) electrons. The third-order valence-electron chi connectivity index (χ3n) is 4.90. The van der Waals surface area contributed by atoms with Gasteiger partial charge in [-0.2, -0.15) is 0 Å². The summed E-state index contributed by atoms with van der Waals surface area (Å²) in [5.41, 5.74) is 10.3. The Morgan fingerprint density at radius 1 is 1.38 bits per heavy atom. The number of amides is 1. The molecule has 3 aliphatic heterocycles. The van der Waals surface area contributed by atoms with Crippen LogP contribution in [0, 0.1) is 0 Å². The van der Waals surface area contributed by atoms with E-state index in [0.717, 1.165) is 24.2 Å². The second-order valence-electron chi connectivity index (χ2n) is 6.04. The molecule has 2 atom stereocenters. The molecule has 1 aromatic carbocycles. The SMILES string of the molecule is Nc1cc2c3c(c1)[C@@H]1CN(C(=O)[O-])CC[C@@H]1N3CCOC2. The number of hydrogen-bond acceptors (Lipinski definition) is 5. The van der Waals surface area contributed by atoms with Crippen LogP contribution >= 0.6 is 0 Å². The Morgan fingerprint density at radius 3 is 3.05 bits per heavy atom. The molecule has 4 rings (SSSR count). The molecular formula is C15H18N3O3-. The van der Waals surface area contributed by atoms with Gasteiger partial charge in [-0.15, -0.1) is 0 Å². The molecular weight excluding hydrogens is 270 g/mol. The molecule has 1 aromatic rings. The first-order valence-corrected chi connectivity index (χ1v) is 7.38. The lowest BCUT2D eigenvalue weighted by molar-refractivity contribution is -0.266. The minimum atomic E-state index is -1.08. The van der Waals surface area contributed by atoms with Crippen LogP contribution in [0.5, 0.6) is 0 Å². The molecule has 0 saturated carbocycles. The van der Waals surface area contributed by atoms with Gasteiger partial charge in [-0.25, -0.2) is 0 Å². The summed E-state index contributed by atoms with van der Waals surface area (Å²) in [5.74, 6) is 0.187. The lowest BCUT2D eigenvalue weighted by atomic mass is 9.88. The van der Waals surface area contributed by atoms with E-state index in [2.05, 4.69) is 4.90 Å². The van der Waals surface area contributed by atoms with Crippen LogP contribution < -0.4 is 15.7 Å². The standard InChI is InChI=1S/C15H19N3O3/c16-10-5-9-8-21-4-3-18-13-1-2-17(15(19)20)7-12(13)11(6-10)14(9)18/h5-6,12-13H,1-4,7-8,16H2,(H,19,20)/p-1/t12-,13-/m0/s1. The lowest BCUT2D eigenvalue weighted by Gasteiger charge is -2.39. The fourth-order valence-electron chi connectivity index (χ4n) is 4.06. The van der Waals surface area contributed by atoms with Crippen molar-refractivity contribution in [2.24, 2.45) is 0 Å². The van der Waals surface area contributed by atoms with Crippen LogP contribution in [-0.2, 0) is 11.3 Å². The number of piperidine rings is 1. The van der Waals surface area contributed by atoms with Crippen molar-refractivity contribution in [3.63, 3.8) is 0 Å². The number of nitrogens with two attached hydrogens (primary N) is 1. The smallest absolute Gasteiger partial charge is 0.136 e. The predicted octanol–water partition coefficient (Wildman–Crippen LogP) is 0.120. The highest BCUT2D eigenvalue weighted by Gasteiger charge is 2.43. The van der Waals surface area contributed by atoms with E-state index in [-0.39, 0.29) is 5.92 Å². The molecule has 6 nitrogen and oxygen atoms in total. The zero-order valence-electron chi connectivity index (χ0n) is 11.7. The van der Waals surface area contributed by atoms with Crippen molar-refractivity contribution < 1.29 is 14.6 Å². The Bertz CT molecular complexity index is 604. The van der Waals surface area contributed by atoms with E-state index in [1.165, 1.54) is 16.2 Å². The minimum Gasteiger partial charge on any atom is -0.530 e. The van der Waals surface area contributed by atoms with E-state index < -0.39 is 6.09 Å². The first kappa shape index (κ1) is 12.8. The molecule has 0 aromatic heterocycles. The Morgan fingerprint density at radius 2 is 2.24 bits per heavy atom. The van der Waals surface area contributed by atoms with Crippen LogP contribution in [-0.4, -0.2) is 43.3 Å². The molecule has 112 valence electrons. The van der Waals surface area contributed by atoms with Crippen LogP contribution in [0.25, 0.3) is 0 Å². The number of benzene rings is 1. The summed E-state index contributed by atoms with van der Waals surface area (Å²) in [4.78, 5) is 15.0. The molecule has 21 heavy (non-hydrogen) atoms. The molecule has 1 fully saturated rings. The molecule has 6 heteroatoms. The van der Waals surface area contributed by atoms with Gasteiger partial charge >= 0.3 is 0 Å². The average Bonchev–Trinajstić information content (AvgIpc) is 2.62. The Hall–Kier alpha value is -1.95. The number of rotatable bonds is 0. The van der Waals surface area contributed by atoms with Crippen LogP contribution in [0.1, 0.15) is 23.5 Å². The van der Waals surface area contributed by atoms with Gasteiger partial charge in [0.2, 0.25) is 0 Å². The van der Waals surface area contributed by atoms with Crippen LogP contribution in [0.3, 0.4) is 0 Å². The van der Waals surface area contributed by atoms with Gasteiger partial charge in [-0.05, 0) is 24.1 Å². The van der Waals surface area contributed by atoms with Gasteiger partial charge in [0.15, 0.2) is 0 Å². The number of nitrogens with zero attached hydrogens (tertiary/aromatic N) is 2. The molecule has 2 N–H and O–H groups in total. The maximum Gasteiger partial charge on any atom is 0.136 e. The van der Waals surface area contributed by atoms with Gasteiger partial charge in [0.25, 0.3) is 0 Å². The van der Waals surface area contributed by atoms with Gasteiger partial charge in [0, 0.05) is 48.5 Å². The van der Waals surface area contributed by atoms with Crippen LogP contribution in [0.4, 0.5) is 16.2 Å². The first-order valence-electron chi connectivity index (χ1n) is 7.38. The van der Waals surface area contributed by atoms with Crippen molar-refractivity contribution in [3.8, 4) is 0 Å². The molecule has 0 spiro atoms. The summed E-state index contributed by atoms with van der Waals surface area (Å²) in [7, 11) is 0. The zero-order valence-corrected chi connectivity index (χ0v) is 11.7. The Balaban J connectivity index is 1.80. The van der Waals surface area contributed by atoms with Crippen molar-refractivity contribution in [3.05, 3.63) is 23.3 Å². The maximum atomic E-state index is 11.2. The number of fused-ring (bicyclic) bond motifs is 3. The fourth-order valence-corrected chi connectivity index (χ4v) is 4.06. The number of likely N-dealkylation sites (tertiary alicyclic amines) is 1. The monoisotopic (exact) mass is 288 g/mol. The van der Waals surface area contributed by atoms with Crippen molar-refractivity contribution in [2.75, 3.05) is 36.9 Å². The second kappa shape index (κ2) is 4.53. The number of anilines is 2. The molecule has 1 saturated heterocycles. The third-order valence-corrected chi connectivity index (χ3v) is 4.90. The summed E-state index contributed by atoms with van der Waals surface area (Å²) in [6.07, 6.45) is -0.250. The van der Waals surface area contributed by atoms with E-state index in [0.29, 0.717) is 32.3 Å². The summed E-state index contributed by atoms with van der Waals surface area (Å²) in [6.45, 7) is 3.17. The van der Waals surface area contributed by atoms with E-state index in [1.54, 1.807) is 0 Å². The second-order valence-corrected chi connectivity index (χ2v) is 6.04. The third kappa shape index (κ3) is 1.86. The Kier molecular flexibility index (Phi) is 2.75. The quantitative estimate of drug-likeness (QED) is 0.686. The number of carbonyl (C=O) groups excluding carboxylic acids is 1. The highest BCUT2D eigenvalue weighted by Crippen LogP contribution is 2.48. The molecule has 0 unspecified atom stereocenters. The summed E-state index contributed by atoms with van der Waals surface area (Å²) in [6, 6.07) is 4.32. The van der Waals surface area contributed by atoms with Gasteiger partial charge in [0.05, 0.1) is 13.2 Å². The van der Waals surface area contributed by atoms with Crippen molar-refractivity contribution >= 4 is 17.5 Å². The first-order chi connectivity index (χ1) is 10.1. The lowest BCUT2D eigenvalue weighted by Crippen LogP contribution is -2.52. The number of carbonyl (C=O) groups is 1. The van der Waals surface area contributed by atoms with Crippen molar-refractivity contribution in [2.45, 2.75) is 25.0 Å². The number of carboxylic acid groups (broad SMARTS) is 1. The highest BCUT2D eigenvalue weighted by molar-refractivity contribution is 5.72. The highest BCUT2D eigenvalue weighted by atomic mass is 16.5. The topological polar surface area (TPSA) is 81.9 Å². The van der Waals surface area contributed by atoms with E-state index in [1.807, 2.05) is 12.1 Å². The van der Waals surface area contributed by atoms with E-state index in [4.69, 9.17) is 10.5 Å². The fraction of sp³-hybridized carbons (Fsp3) is 0.533. The average molecular weight is 288 g/mol. The molecule has 3 aliphatic rings. The maximum absolute atomic E-state index is 11.2. The van der Waals surface area contributed by atoms with E-state index in [9.17, 15) is 9.90 Å². The zero-order chi connectivity index (χ0) is 14.6. The van der Waals surface area contributed by atoms with Gasteiger partial charge in [-0.3, -0.25) is 0 Å². The number of ether oxygens (including phenoxy) is 1. The Labute approximate surface area is 123 Å². The van der Waals surface area contributed by atoms with Gasteiger partial charge < -0.3 is 30.2 Å². The predicted molar refractivity (Wildman–Crippen MR) is 76.0 cm³/mol.